The predicted molar refractivity (Wildman–Crippen MR) is 144 cm³/mol. The van der Waals surface area contributed by atoms with Crippen LogP contribution in [0, 0.1) is 31.5 Å². The van der Waals surface area contributed by atoms with Crippen LogP contribution in [0.15, 0.2) is 22.7 Å². The number of anilines is 1. The van der Waals surface area contributed by atoms with Crippen molar-refractivity contribution in [3.05, 3.63) is 46.6 Å². The highest BCUT2D eigenvalue weighted by Crippen LogP contribution is 2.27. The highest BCUT2D eigenvalue weighted by molar-refractivity contribution is 5.94. The van der Waals surface area contributed by atoms with Crippen LogP contribution < -0.4 is 4.90 Å². The van der Waals surface area contributed by atoms with Crippen molar-refractivity contribution in [2.45, 2.75) is 73.8 Å². The van der Waals surface area contributed by atoms with E-state index in [1.54, 1.807) is 15.9 Å². The Bertz CT molecular complexity index is 1050. The first kappa shape index (κ1) is 28.8. The summed E-state index contributed by atoms with van der Waals surface area (Å²) in [6.45, 7) is 16.2. The number of rotatable bonds is 6. The van der Waals surface area contributed by atoms with Gasteiger partial charge in [-0.1, -0.05) is 32.9 Å². The summed E-state index contributed by atoms with van der Waals surface area (Å²) < 4.78 is 19.7. The second-order valence-electron chi connectivity index (χ2n) is 11.1. The van der Waals surface area contributed by atoms with Gasteiger partial charge in [-0.2, -0.15) is 0 Å². The van der Waals surface area contributed by atoms with E-state index in [1.165, 1.54) is 12.1 Å². The molecule has 0 radical (unpaired) electrons. The predicted octanol–water partition coefficient (Wildman–Crippen LogP) is 5.13. The van der Waals surface area contributed by atoms with Crippen LogP contribution in [0.4, 0.5) is 10.1 Å². The van der Waals surface area contributed by atoms with E-state index in [4.69, 9.17) is 4.52 Å². The van der Waals surface area contributed by atoms with Crippen molar-refractivity contribution in [3.8, 4) is 0 Å². The van der Waals surface area contributed by atoms with Crippen LogP contribution in [0.3, 0.4) is 0 Å². The van der Waals surface area contributed by atoms with E-state index < -0.39 is 0 Å². The van der Waals surface area contributed by atoms with Gasteiger partial charge in [-0.25, -0.2) is 4.39 Å². The Labute approximate surface area is 221 Å². The monoisotopic (exact) mass is 514 g/mol. The Hall–Kier alpha value is -2.74. The molecule has 3 rings (SSSR count). The summed E-state index contributed by atoms with van der Waals surface area (Å²) in [6.07, 6.45) is 2.25. The third-order valence-corrected chi connectivity index (χ3v) is 6.82. The van der Waals surface area contributed by atoms with Gasteiger partial charge in [-0.3, -0.25) is 9.59 Å². The van der Waals surface area contributed by atoms with E-state index in [2.05, 4.69) is 23.9 Å². The van der Waals surface area contributed by atoms with Crippen LogP contribution >= 0.6 is 0 Å². The highest BCUT2D eigenvalue weighted by Gasteiger charge is 2.25. The molecule has 0 atom stereocenters. The number of halogens is 1. The number of fused-ring (bicyclic) bond motifs is 1. The molecule has 0 spiro atoms. The van der Waals surface area contributed by atoms with E-state index in [0.717, 1.165) is 38.0 Å². The van der Waals surface area contributed by atoms with E-state index in [-0.39, 0.29) is 36.5 Å². The molecule has 0 bridgehead atoms. The molecule has 7 nitrogen and oxygen atoms in total. The fourth-order valence-corrected chi connectivity index (χ4v) is 5.05. The second-order valence-corrected chi connectivity index (χ2v) is 11.1. The first-order valence-electron chi connectivity index (χ1n) is 13.6. The van der Waals surface area contributed by atoms with Gasteiger partial charge in [0.2, 0.25) is 11.8 Å². The zero-order chi connectivity index (χ0) is 27.1. The number of benzene rings is 1. The maximum atomic E-state index is 14.5. The summed E-state index contributed by atoms with van der Waals surface area (Å²) in [5.74, 6) is 0.973. The molecular formula is C29H43FN4O3. The number of hydrogen-bond acceptors (Lipinski definition) is 5. The molecular weight excluding hydrogens is 471 g/mol. The molecule has 1 aromatic carbocycles. The molecule has 204 valence electrons. The van der Waals surface area contributed by atoms with E-state index >= 15 is 0 Å². The third kappa shape index (κ3) is 8.12. The molecule has 1 aliphatic heterocycles. The lowest BCUT2D eigenvalue weighted by molar-refractivity contribution is -0.131. The number of amides is 2. The molecule has 1 aromatic heterocycles. The average molecular weight is 515 g/mol. The number of hydrogen-bond donors (Lipinski definition) is 0. The number of aromatic nitrogens is 1. The minimum Gasteiger partial charge on any atom is -0.361 e. The summed E-state index contributed by atoms with van der Waals surface area (Å²) in [7, 11) is 0. The second kappa shape index (κ2) is 13.2. The summed E-state index contributed by atoms with van der Waals surface area (Å²) in [4.78, 5) is 33.0. The number of nitrogens with zero attached hydrogens (tertiary/aromatic N) is 4. The Morgan fingerprint density at radius 2 is 1.70 bits per heavy atom. The largest absolute Gasteiger partial charge is 0.361 e. The summed E-state index contributed by atoms with van der Waals surface area (Å²) in [5.41, 5.74) is 2.85. The SMILES string of the molecule is Cc1noc(C)c1CC(=O)N1CCCN(CC(C)C)CCCN(C(=O)CC(C)C)c2ccc(F)cc2C1. The highest BCUT2D eigenvalue weighted by atomic mass is 19.1. The van der Waals surface area contributed by atoms with Crippen LogP contribution in [0.2, 0.25) is 0 Å². The number of carbonyl (C=O) groups is 2. The average Bonchev–Trinajstić information content (AvgIpc) is 3.12. The fourth-order valence-electron chi connectivity index (χ4n) is 5.05. The van der Waals surface area contributed by atoms with Crippen molar-refractivity contribution in [1.82, 2.24) is 15.0 Å². The van der Waals surface area contributed by atoms with E-state index in [0.29, 0.717) is 48.1 Å². The lowest BCUT2D eigenvalue weighted by Crippen LogP contribution is -2.40. The quantitative estimate of drug-likeness (QED) is 0.534. The minimum atomic E-state index is -0.372. The van der Waals surface area contributed by atoms with Gasteiger partial charge in [-0.15, -0.1) is 0 Å². The normalized spacial score (nSPS) is 16.0. The molecule has 8 heteroatoms. The fraction of sp³-hybridized carbons (Fsp3) is 0.621. The van der Waals surface area contributed by atoms with Gasteiger partial charge >= 0.3 is 0 Å². The Kier molecular flexibility index (Phi) is 10.3. The molecule has 0 aliphatic carbocycles. The summed E-state index contributed by atoms with van der Waals surface area (Å²) in [5, 5.41) is 3.99. The van der Waals surface area contributed by atoms with Gasteiger partial charge in [-0.05, 0) is 75.4 Å². The van der Waals surface area contributed by atoms with Crippen molar-refractivity contribution in [3.63, 3.8) is 0 Å². The smallest absolute Gasteiger partial charge is 0.227 e. The molecule has 2 amide bonds. The van der Waals surface area contributed by atoms with Crippen LogP contribution in [-0.2, 0) is 22.6 Å². The molecule has 37 heavy (non-hydrogen) atoms. The molecule has 0 unspecified atom stereocenters. The lowest BCUT2D eigenvalue weighted by atomic mass is 10.1. The maximum Gasteiger partial charge on any atom is 0.227 e. The first-order valence-corrected chi connectivity index (χ1v) is 13.6. The van der Waals surface area contributed by atoms with Crippen molar-refractivity contribution < 1.29 is 18.5 Å². The molecule has 0 saturated heterocycles. The third-order valence-electron chi connectivity index (χ3n) is 6.82. The van der Waals surface area contributed by atoms with Crippen molar-refractivity contribution in [1.29, 1.82) is 0 Å². The minimum absolute atomic E-state index is 0.0314. The number of aryl methyl sites for hydroxylation is 2. The van der Waals surface area contributed by atoms with Gasteiger partial charge in [0.1, 0.15) is 11.6 Å². The van der Waals surface area contributed by atoms with Crippen LogP contribution in [-0.4, -0.2) is 59.5 Å². The van der Waals surface area contributed by atoms with Crippen LogP contribution in [0.25, 0.3) is 0 Å². The maximum absolute atomic E-state index is 14.5. The molecule has 0 saturated carbocycles. The van der Waals surface area contributed by atoms with Crippen molar-refractivity contribution in [2.75, 3.05) is 37.6 Å². The molecule has 2 aromatic rings. The van der Waals surface area contributed by atoms with Gasteiger partial charge in [0.25, 0.3) is 0 Å². The van der Waals surface area contributed by atoms with E-state index in [9.17, 15) is 14.0 Å². The molecule has 1 aliphatic rings. The van der Waals surface area contributed by atoms with Gasteiger partial charge in [0, 0.05) is 43.9 Å². The van der Waals surface area contributed by atoms with Gasteiger partial charge in [0.15, 0.2) is 0 Å². The number of carbonyl (C=O) groups excluding carboxylic acids is 2. The topological polar surface area (TPSA) is 69.9 Å². The van der Waals surface area contributed by atoms with E-state index in [1.807, 2.05) is 27.7 Å². The molecule has 2 heterocycles. The molecule has 0 fully saturated rings. The Morgan fingerprint density at radius 3 is 2.32 bits per heavy atom. The van der Waals surface area contributed by atoms with Crippen LogP contribution in [0.1, 0.15) is 69.5 Å². The van der Waals surface area contributed by atoms with Gasteiger partial charge < -0.3 is 19.2 Å². The zero-order valence-electron chi connectivity index (χ0n) is 23.3. The molecule has 0 N–H and O–H groups in total. The first-order chi connectivity index (χ1) is 17.5. The van der Waals surface area contributed by atoms with Crippen molar-refractivity contribution in [2.24, 2.45) is 11.8 Å². The van der Waals surface area contributed by atoms with Crippen molar-refractivity contribution >= 4 is 17.5 Å². The lowest BCUT2D eigenvalue weighted by Gasteiger charge is -2.32. The van der Waals surface area contributed by atoms with Crippen LogP contribution in [0.5, 0.6) is 0 Å². The Balaban J connectivity index is 1.97. The van der Waals surface area contributed by atoms with Gasteiger partial charge in [0.05, 0.1) is 12.1 Å². The standard InChI is InChI=1S/C29H43FN4O3/c1-20(2)15-29(36)34-14-8-12-32(18-21(3)4)11-7-13-33(19-24-16-25(30)9-10-27(24)34)28(35)17-26-22(5)31-37-23(26)6/h9-10,16,20-21H,7-8,11-15,17-19H2,1-6H3. The summed E-state index contributed by atoms with van der Waals surface area (Å²) in [6, 6.07) is 4.57. The zero-order valence-corrected chi connectivity index (χ0v) is 23.3. The summed E-state index contributed by atoms with van der Waals surface area (Å²) >= 11 is 0. The Morgan fingerprint density at radius 1 is 1.00 bits per heavy atom.